The number of aryl methyl sites for hydroxylation is 1. The van der Waals surface area contributed by atoms with Crippen molar-refractivity contribution in [2.24, 2.45) is 0 Å². The molecule has 0 saturated heterocycles. The second-order valence-electron chi connectivity index (χ2n) is 10.0. The van der Waals surface area contributed by atoms with E-state index in [4.69, 9.17) is 10.7 Å². The van der Waals surface area contributed by atoms with E-state index in [1.165, 1.54) is 5.57 Å². The molecule has 9 nitrogen and oxygen atoms in total. The van der Waals surface area contributed by atoms with Crippen molar-refractivity contribution in [2.75, 3.05) is 23.4 Å². The van der Waals surface area contributed by atoms with E-state index in [1.54, 1.807) is 24.5 Å². The van der Waals surface area contributed by atoms with Crippen molar-refractivity contribution in [1.29, 1.82) is 0 Å². The summed E-state index contributed by atoms with van der Waals surface area (Å²) in [6.07, 6.45) is 10.5. The zero-order valence-corrected chi connectivity index (χ0v) is 22.2. The summed E-state index contributed by atoms with van der Waals surface area (Å²) in [5.74, 6) is 1.58. The van der Waals surface area contributed by atoms with Gasteiger partial charge in [-0.1, -0.05) is 26.0 Å². The van der Waals surface area contributed by atoms with Crippen molar-refractivity contribution in [3.63, 3.8) is 0 Å². The van der Waals surface area contributed by atoms with Crippen LogP contribution in [0.1, 0.15) is 56.1 Å². The molecule has 4 aromatic rings. The first-order chi connectivity index (χ1) is 18.4. The van der Waals surface area contributed by atoms with Gasteiger partial charge in [-0.15, -0.1) is 0 Å². The molecule has 1 aliphatic rings. The lowest BCUT2D eigenvalue weighted by Crippen LogP contribution is -2.26. The average Bonchev–Trinajstić information content (AvgIpc) is 3.31. The second-order valence-corrected chi connectivity index (χ2v) is 10.0. The highest BCUT2D eigenvalue weighted by Gasteiger charge is 2.24. The zero-order valence-electron chi connectivity index (χ0n) is 22.2. The first-order valence-electron chi connectivity index (χ1n) is 13.0. The summed E-state index contributed by atoms with van der Waals surface area (Å²) < 4.78 is 2.20. The number of fused-ring (bicyclic) bond motifs is 1. The number of hydrogen-bond donors (Lipinski definition) is 4. The molecule has 0 bridgehead atoms. The van der Waals surface area contributed by atoms with Crippen molar-refractivity contribution in [2.45, 2.75) is 52.0 Å². The normalized spacial score (nSPS) is 15.5. The highest BCUT2D eigenvalue weighted by molar-refractivity contribution is 6.00. The van der Waals surface area contributed by atoms with Crippen LogP contribution in [0.25, 0.3) is 22.3 Å². The predicted molar refractivity (Wildman–Crippen MR) is 153 cm³/mol. The van der Waals surface area contributed by atoms with Crippen molar-refractivity contribution >= 4 is 34.3 Å². The minimum atomic E-state index is -0.334. The van der Waals surface area contributed by atoms with E-state index < -0.39 is 0 Å². The van der Waals surface area contributed by atoms with E-state index in [9.17, 15) is 4.79 Å². The molecule has 0 radical (unpaired) electrons. The van der Waals surface area contributed by atoms with E-state index in [0.717, 1.165) is 53.1 Å². The maximum absolute atomic E-state index is 12.5. The monoisotopic (exact) mass is 510 g/mol. The lowest BCUT2D eigenvalue weighted by Gasteiger charge is -2.22. The van der Waals surface area contributed by atoms with Crippen LogP contribution in [0, 0.1) is 6.92 Å². The van der Waals surface area contributed by atoms with Gasteiger partial charge in [0.1, 0.15) is 22.9 Å². The van der Waals surface area contributed by atoms with Crippen LogP contribution in [0.2, 0.25) is 0 Å². The molecule has 1 unspecified atom stereocenters. The highest BCUT2D eigenvalue weighted by atomic mass is 16.2. The Morgan fingerprint density at radius 1 is 1.16 bits per heavy atom. The maximum Gasteiger partial charge on any atom is 0.323 e. The molecule has 1 atom stereocenters. The number of anilines is 3. The molecule has 3 heterocycles. The third kappa shape index (κ3) is 4.97. The van der Waals surface area contributed by atoms with Gasteiger partial charge in [0, 0.05) is 29.4 Å². The maximum atomic E-state index is 12.5. The number of nitrogen functional groups attached to an aromatic ring is 1. The van der Waals surface area contributed by atoms with Crippen molar-refractivity contribution in [1.82, 2.24) is 24.7 Å². The molecule has 0 spiro atoms. The summed E-state index contributed by atoms with van der Waals surface area (Å²) >= 11 is 0. The Kier molecular flexibility index (Phi) is 7.11. The number of amides is 2. The van der Waals surface area contributed by atoms with Crippen LogP contribution in [-0.2, 0) is 0 Å². The van der Waals surface area contributed by atoms with Crippen LogP contribution in [0.3, 0.4) is 0 Å². The van der Waals surface area contributed by atoms with Gasteiger partial charge < -0.3 is 21.7 Å². The van der Waals surface area contributed by atoms with E-state index in [1.807, 2.05) is 38.4 Å². The molecule has 5 N–H and O–H groups in total. The van der Waals surface area contributed by atoms with Gasteiger partial charge in [0.25, 0.3) is 0 Å². The SMILES string of the molecule is CNC1CC=C(c2cnc(N)c3c(-c4ccc(NC(=O)Nc5cccnc5)cc4C)nc(C(C)C)n23)CC1. The third-order valence-corrected chi connectivity index (χ3v) is 7.04. The Morgan fingerprint density at radius 2 is 1.97 bits per heavy atom. The molecule has 5 rings (SSSR count). The van der Waals surface area contributed by atoms with Crippen LogP contribution in [0.15, 0.2) is 55.0 Å². The Labute approximate surface area is 222 Å². The zero-order chi connectivity index (χ0) is 26.8. The topological polar surface area (TPSA) is 122 Å². The fraction of sp³-hybridized carbons (Fsp3) is 0.310. The Bertz CT molecular complexity index is 1510. The minimum Gasteiger partial charge on any atom is -0.382 e. The Balaban J connectivity index is 1.52. The summed E-state index contributed by atoms with van der Waals surface area (Å²) in [6.45, 7) is 6.30. The molecule has 196 valence electrons. The number of nitrogens with one attached hydrogen (secondary N) is 3. The number of rotatable bonds is 6. The molecular formula is C29H34N8O. The molecule has 0 aliphatic heterocycles. The van der Waals surface area contributed by atoms with E-state index >= 15 is 0 Å². The smallest absolute Gasteiger partial charge is 0.323 e. The van der Waals surface area contributed by atoms with Gasteiger partial charge in [-0.2, -0.15) is 0 Å². The number of pyridine rings is 1. The van der Waals surface area contributed by atoms with E-state index in [0.29, 0.717) is 23.2 Å². The summed E-state index contributed by atoms with van der Waals surface area (Å²) in [5.41, 5.74) is 13.7. The predicted octanol–water partition coefficient (Wildman–Crippen LogP) is 5.60. The Hall–Kier alpha value is -4.24. The first kappa shape index (κ1) is 25.4. The number of aromatic nitrogens is 4. The standard InChI is InChI=1S/C29H34N8O/c1-17(2)28-36-25(26-27(30)33-16-24(37(26)28)19-7-9-20(31-4)10-8-19)23-12-11-21(14-18(23)3)34-29(38)35-22-6-5-13-32-15-22/h5-7,11-17,20,31H,8-10H2,1-4H3,(H2,30,33)(H2,34,35,38). The number of benzene rings is 1. The number of nitrogens with zero attached hydrogens (tertiary/aromatic N) is 4. The number of nitrogens with two attached hydrogens (primary N) is 1. The number of carbonyl (C=O) groups is 1. The number of hydrogen-bond acceptors (Lipinski definition) is 6. The second kappa shape index (κ2) is 10.6. The fourth-order valence-corrected chi connectivity index (χ4v) is 5.04. The minimum absolute atomic E-state index is 0.184. The summed E-state index contributed by atoms with van der Waals surface area (Å²) in [6, 6.07) is 9.51. The molecule has 0 fully saturated rings. The van der Waals surface area contributed by atoms with Gasteiger partial charge in [0.15, 0.2) is 0 Å². The molecule has 1 aromatic carbocycles. The molecule has 1 aliphatic carbocycles. The third-order valence-electron chi connectivity index (χ3n) is 7.04. The highest BCUT2D eigenvalue weighted by Crippen LogP contribution is 2.37. The number of carbonyl (C=O) groups excluding carboxylic acids is 1. The largest absolute Gasteiger partial charge is 0.382 e. The Morgan fingerprint density at radius 3 is 2.63 bits per heavy atom. The molecule has 9 heteroatoms. The van der Waals surface area contributed by atoms with Crippen molar-refractivity contribution in [3.8, 4) is 11.3 Å². The van der Waals surface area contributed by atoms with Crippen LogP contribution < -0.4 is 21.7 Å². The van der Waals surface area contributed by atoms with Gasteiger partial charge in [-0.05, 0) is 68.6 Å². The van der Waals surface area contributed by atoms with Gasteiger partial charge in [-0.3, -0.25) is 9.38 Å². The number of imidazole rings is 1. The van der Waals surface area contributed by atoms with Gasteiger partial charge in [-0.25, -0.2) is 14.8 Å². The van der Waals surface area contributed by atoms with Crippen LogP contribution in [0.4, 0.5) is 22.0 Å². The molecule has 3 aromatic heterocycles. The first-order valence-corrected chi connectivity index (χ1v) is 13.0. The molecule has 2 amide bonds. The lowest BCUT2D eigenvalue weighted by molar-refractivity contribution is 0.262. The van der Waals surface area contributed by atoms with E-state index in [-0.39, 0.29) is 11.9 Å². The van der Waals surface area contributed by atoms with E-state index in [2.05, 4.69) is 50.2 Å². The van der Waals surface area contributed by atoms with Crippen LogP contribution in [-0.4, -0.2) is 38.5 Å². The quantitative estimate of drug-likeness (QED) is 0.268. The summed E-state index contributed by atoms with van der Waals surface area (Å²) in [4.78, 5) is 26.2. The van der Waals surface area contributed by atoms with Gasteiger partial charge in [0.2, 0.25) is 0 Å². The van der Waals surface area contributed by atoms with Gasteiger partial charge >= 0.3 is 6.03 Å². The van der Waals surface area contributed by atoms with Crippen molar-refractivity contribution in [3.05, 3.63) is 72.1 Å². The fourth-order valence-electron chi connectivity index (χ4n) is 5.04. The summed E-state index contributed by atoms with van der Waals surface area (Å²) in [7, 11) is 2.02. The molecule has 0 saturated carbocycles. The average molecular weight is 511 g/mol. The van der Waals surface area contributed by atoms with Crippen molar-refractivity contribution < 1.29 is 4.79 Å². The molecule has 38 heavy (non-hydrogen) atoms. The summed E-state index contributed by atoms with van der Waals surface area (Å²) in [5, 5.41) is 9.05. The lowest BCUT2D eigenvalue weighted by atomic mass is 9.93. The van der Waals surface area contributed by atoms with Crippen LogP contribution >= 0.6 is 0 Å². The van der Waals surface area contributed by atoms with Gasteiger partial charge in [0.05, 0.1) is 23.8 Å². The molecular weight excluding hydrogens is 476 g/mol. The van der Waals surface area contributed by atoms with Crippen LogP contribution in [0.5, 0.6) is 0 Å². The number of allylic oxidation sites excluding steroid dienone is 1. The number of urea groups is 1.